The minimum Gasteiger partial charge on any atom is -0.316 e. The van der Waals surface area contributed by atoms with Crippen LogP contribution in [0.25, 0.3) is 0 Å². The first-order valence-corrected chi connectivity index (χ1v) is 7.97. The van der Waals surface area contributed by atoms with Gasteiger partial charge in [-0.25, -0.2) is 0 Å². The molecule has 0 bridgehead atoms. The molecule has 1 aromatic rings. The van der Waals surface area contributed by atoms with Crippen molar-refractivity contribution in [2.24, 2.45) is 5.41 Å². The summed E-state index contributed by atoms with van der Waals surface area (Å²) in [7, 11) is 1.01. The van der Waals surface area contributed by atoms with Crippen molar-refractivity contribution in [3.8, 4) is 0 Å². The van der Waals surface area contributed by atoms with Gasteiger partial charge in [0, 0.05) is 27.6 Å². The molecular formula is C14H22ClNOS. The van der Waals surface area contributed by atoms with Crippen LogP contribution in [0.15, 0.2) is 24.3 Å². The van der Waals surface area contributed by atoms with Gasteiger partial charge in [-0.3, -0.25) is 4.21 Å². The van der Waals surface area contributed by atoms with Crippen LogP contribution in [0.1, 0.15) is 26.3 Å². The Kier molecular flexibility index (Phi) is 5.83. The maximum Gasteiger partial charge on any atom is 0.0501 e. The van der Waals surface area contributed by atoms with Crippen molar-refractivity contribution in [1.82, 2.24) is 5.32 Å². The summed E-state index contributed by atoms with van der Waals surface area (Å²) in [5, 5.41) is 3.94. The van der Waals surface area contributed by atoms with Crippen molar-refractivity contribution in [1.29, 1.82) is 0 Å². The van der Waals surface area contributed by atoms with Crippen molar-refractivity contribution in [3.05, 3.63) is 34.9 Å². The normalized spacial score (nSPS) is 15.4. The maximum absolute atomic E-state index is 12.2. The van der Waals surface area contributed by atoms with E-state index in [4.69, 9.17) is 11.6 Å². The van der Waals surface area contributed by atoms with Crippen LogP contribution in [-0.4, -0.2) is 23.1 Å². The van der Waals surface area contributed by atoms with Gasteiger partial charge in [0.05, 0.1) is 5.75 Å². The lowest BCUT2D eigenvalue weighted by Gasteiger charge is -2.30. The lowest BCUT2D eigenvalue weighted by molar-refractivity contribution is 0.304. The quantitative estimate of drug-likeness (QED) is 0.901. The van der Waals surface area contributed by atoms with E-state index < -0.39 is 10.8 Å². The molecule has 2 unspecified atom stereocenters. The van der Waals surface area contributed by atoms with E-state index in [0.29, 0.717) is 16.5 Å². The SMILES string of the molecule is CNC(CS(=O)Cc1ccccc1Cl)C(C)(C)C. The Morgan fingerprint density at radius 1 is 1.33 bits per heavy atom. The van der Waals surface area contributed by atoms with Gasteiger partial charge in [-0.15, -0.1) is 0 Å². The molecule has 1 aromatic carbocycles. The highest BCUT2D eigenvalue weighted by Crippen LogP contribution is 2.22. The van der Waals surface area contributed by atoms with Crippen LogP contribution in [0, 0.1) is 5.41 Å². The molecule has 0 saturated heterocycles. The van der Waals surface area contributed by atoms with Gasteiger partial charge in [-0.2, -0.15) is 0 Å². The van der Waals surface area contributed by atoms with Crippen molar-refractivity contribution >= 4 is 22.4 Å². The molecule has 1 N–H and O–H groups in total. The maximum atomic E-state index is 12.2. The zero-order valence-electron chi connectivity index (χ0n) is 11.5. The van der Waals surface area contributed by atoms with Gasteiger partial charge >= 0.3 is 0 Å². The average Bonchev–Trinajstić information content (AvgIpc) is 2.27. The largest absolute Gasteiger partial charge is 0.316 e. The third-order valence-electron chi connectivity index (χ3n) is 3.02. The van der Waals surface area contributed by atoms with Gasteiger partial charge < -0.3 is 5.32 Å². The van der Waals surface area contributed by atoms with Gasteiger partial charge in [0.25, 0.3) is 0 Å². The smallest absolute Gasteiger partial charge is 0.0501 e. The predicted molar refractivity (Wildman–Crippen MR) is 80.5 cm³/mol. The van der Waals surface area contributed by atoms with E-state index in [1.54, 1.807) is 0 Å². The van der Waals surface area contributed by atoms with E-state index >= 15 is 0 Å². The lowest BCUT2D eigenvalue weighted by Crippen LogP contribution is -2.42. The summed E-state index contributed by atoms with van der Waals surface area (Å²) < 4.78 is 12.2. The highest BCUT2D eigenvalue weighted by molar-refractivity contribution is 7.84. The number of halogens is 1. The Hall–Kier alpha value is -0.380. The van der Waals surface area contributed by atoms with Crippen LogP contribution >= 0.6 is 11.6 Å². The summed E-state index contributed by atoms with van der Waals surface area (Å²) in [6, 6.07) is 7.83. The molecule has 0 spiro atoms. The lowest BCUT2D eigenvalue weighted by atomic mass is 9.88. The second-order valence-corrected chi connectivity index (χ2v) is 7.46. The summed E-state index contributed by atoms with van der Waals surface area (Å²) >= 11 is 6.08. The predicted octanol–water partition coefficient (Wildman–Crippen LogP) is 3.22. The molecule has 0 heterocycles. The Balaban J connectivity index is 2.65. The zero-order chi connectivity index (χ0) is 13.8. The molecule has 1 rings (SSSR count). The summed E-state index contributed by atoms with van der Waals surface area (Å²) in [4.78, 5) is 0. The van der Waals surface area contributed by atoms with E-state index in [2.05, 4.69) is 26.1 Å². The third kappa shape index (κ3) is 4.71. The Morgan fingerprint density at radius 3 is 2.44 bits per heavy atom. The van der Waals surface area contributed by atoms with Crippen LogP contribution in [0.3, 0.4) is 0 Å². The fraction of sp³-hybridized carbons (Fsp3) is 0.571. The van der Waals surface area contributed by atoms with Crippen molar-refractivity contribution < 1.29 is 4.21 Å². The molecule has 0 radical (unpaired) electrons. The summed E-state index contributed by atoms with van der Waals surface area (Å²) in [6.07, 6.45) is 0. The molecule has 0 saturated carbocycles. The molecule has 102 valence electrons. The summed E-state index contributed by atoms with van der Waals surface area (Å²) in [5.74, 6) is 1.17. The topological polar surface area (TPSA) is 29.1 Å². The van der Waals surface area contributed by atoms with Crippen molar-refractivity contribution in [2.45, 2.75) is 32.6 Å². The molecule has 0 fully saturated rings. The van der Waals surface area contributed by atoms with E-state index in [1.807, 2.05) is 31.3 Å². The molecule has 18 heavy (non-hydrogen) atoms. The van der Waals surface area contributed by atoms with Gasteiger partial charge in [0.15, 0.2) is 0 Å². The van der Waals surface area contributed by atoms with E-state index in [1.165, 1.54) is 0 Å². The fourth-order valence-corrected chi connectivity index (χ4v) is 3.84. The van der Waals surface area contributed by atoms with Crippen LogP contribution < -0.4 is 5.32 Å². The fourth-order valence-electron chi connectivity index (χ4n) is 1.80. The molecule has 0 aliphatic heterocycles. The number of rotatable bonds is 5. The second-order valence-electron chi connectivity index (χ2n) is 5.55. The molecule has 0 aliphatic rings. The van der Waals surface area contributed by atoms with Gasteiger partial charge in [-0.1, -0.05) is 50.6 Å². The number of hydrogen-bond donors (Lipinski definition) is 1. The van der Waals surface area contributed by atoms with Gasteiger partial charge in [0.2, 0.25) is 0 Å². The number of benzene rings is 1. The number of nitrogens with one attached hydrogen (secondary N) is 1. The second kappa shape index (κ2) is 6.69. The first-order chi connectivity index (χ1) is 8.34. The molecular weight excluding hydrogens is 266 g/mol. The minimum atomic E-state index is -0.905. The first kappa shape index (κ1) is 15.7. The Labute approximate surface area is 118 Å². The van der Waals surface area contributed by atoms with Gasteiger partial charge in [0.1, 0.15) is 0 Å². The van der Waals surface area contributed by atoms with Crippen LogP contribution in [0.2, 0.25) is 5.02 Å². The van der Waals surface area contributed by atoms with Gasteiger partial charge in [-0.05, 0) is 24.1 Å². The standard InChI is InChI=1S/C14H22ClNOS/c1-14(2,3)13(16-4)10-18(17)9-11-7-5-6-8-12(11)15/h5-8,13,16H,9-10H2,1-4H3. The average molecular weight is 288 g/mol. The molecule has 2 atom stereocenters. The van der Waals surface area contributed by atoms with Crippen molar-refractivity contribution in [3.63, 3.8) is 0 Å². The monoisotopic (exact) mass is 287 g/mol. The summed E-state index contributed by atoms with van der Waals surface area (Å²) in [6.45, 7) is 6.46. The molecule has 0 aromatic heterocycles. The Bertz CT molecular complexity index is 415. The Morgan fingerprint density at radius 2 is 1.94 bits per heavy atom. The zero-order valence-corrected chi connectivity index (χ0v) is 13.1. The summed E-state index contributed by atoms with van der Waals surface area (Å²) in [5.41, 5.74) is 1.06. The molecule has 4 heteroatoms. The van der Waals surface area contributed by atoms with E-state index in [-0.39, 0.29) is 11.5 Å². The first-order valence-electron chi connectivity index (χ1n) is 6.10. The van der Waals surface area contributed by atoms with Crippen LogP contribution in [0.5, 0.6) is 0 Å². The highest BCUT2D eigenvalue weighted by atomic mass is 35.5. The van der Waals surface area contributed by atoms with Crippen LogP contribution in [-0.2, 0) is 16.6 Å². The molecule has 2 nitrogen and oxygen atoms in total. The third-order valence-corrected chi connectivity index (χ3v) is 4.73. The van der Waals surface area contributed by atoms with Crippen molar-refractivity contribution in [2.75, 3.05) is 12.8 Å². The van der Waals surface area contributed by atoms with E-state index in [0.717, 1.165) is 5.56 Å². The molecule has 0 aliphatic carbocycles. The highest BCUT2D eigenvalue weighted by Gasteiger charge is 2.24. The van der Waals surface area contributed by atoms with Crippen LogP contribution in [0.4, 0.5) is 0 Å². The van der Waals surface area contributed by atoms with E-state index in [9.17, 15) is 4.21 Å². The minimum absolute atomic E-state index is 0.102. The number of hydrogen-bond acceptors (Lipinski definition) is 2. The molecule has 0 amide bonds.